The van der Waals surface area contributed by atoms with Crippen molar-refractivity contribution in [3.8, 4) is 0 Å². The zero-order chi connectivity index (χ0) is 21.6. The number of piperidine rings is 1. The molecule has 0 aromatic carbocycles. The molecule has 1 amide bonds. The van der Waals surface area contributed by atoms with Crippen LogP contribution in [0.4, 0.5) is 11.6 Å². The molecular formula is C23H32N6O2. The summed E-state index contributed by atoms with van der Waals surface area (Å²) >= 11 is 0. The van der Waals surface area contributed by atoms with Crippen molar-refractivity contribution in [3.05, 3.63) is 41.5 Å². The van der Waals surface area contributed by atoms with Gasteiger partial charge in [-0.3, -0.25) is 9.78 Å². The maximum atomic E-state index is 12.4. The molecule has 0 bridgehead atoms. The average molecular weight is 425 g/mol. The first-order valence-electron chi connectivity index (χ1n) is 11.2. The Labute approximate surface area is 184 Å². The maximum absolute atomic E-state index is 12.4. The summed E-state index contributed by atoms with van der Waals surface area (Å²) in [5, 5.41) is 3.24. The van der Waals surface area contributed by atoms with Crippen molar-refractivity contribution in [1.82, 2.24) is 24.8 Å². The lowest BCUT2D eigenvalue weighted by Crippen LogP contribution is -2.43. The number of anilines is 2. The lowest BCUT2D eigenvalue weighted by molar-refractivity contribution is -0.135. The van der Waals surface area contributed by atoms with E-state index in [2.05, 4.69) is 26.3 Å². The van der Waals surface area contributed by atoms with Crippen LogP contribution < -0.4 is 5.32 Å². The van der Waals surface area contributed by atoms with Crippen LogP contribution in [-0.4, -0.2) is 76.6 Å². The van der Waals surface area contributed by atoms with Crippen LogP contribution in [0.3, 0.4) is 0 Å². The second kappa shape index (κ2) is 10.2. The number of morpholine rings is 1. The van der Waals surface area contributed by atoms with Gasteiger partial charge in [0.1, 0.15) is 0 Å². The van der Waals surface area contributed by atoms with E-state index in [0.717, 1.165) is 68.3 Å². The minimum Gasteiger partial charge on any atom is -0.378 e. The van der Waals surface area contributed by atoms with Crippen LogP contribution in [0.25, 0.3) is 0 Å². The predicted molar refractivity (Wildman–Crippen MR) is 119 cm³/mol. The summed E-state index contributed by atoms with van der Waals surface area (Å²) in [7, 11) is 0. The number of nitrogens with one attached hydrogen (secondary N) is 1. The molecule has 0 radical (unpaired) electrons. The molecule has 166 valence electrons. The molecule has 4 rings (SSSR count). The number of amides is 1. The van der Waals surface area contributed by atoms with E-state index in [1.54, 1.807) is 0 Å². The van der Waals surface area contributed by atoms with Gasteiger partial charge in [-0.05, 0) is 51.4 Å². The Kier molecular flexibility index (Phi) is 7.09. The van der Waals surface area contributed by atoms with Crippen molar-refractivity contribution < 1.29 is 9.53 Å². The first kappa shape index (κ1) is 21.6. The van der Waals surface area contributed by atoms with Crippen molar-refractivity contribution in [1.29, 1.82) is 0 Å². The second-order valence-corrected chi connectivity index (χ2v) is 8.45. The van der Waals surface area contributed by atoms with Gasteiger partial charge in [0.05, 0.1) is 25.1 Å². The fraction of sp³-hybridized carbons (Fsp3) is 0.565. The van der Waals surface area contributed by atoms with E-state index in [4.69, 9.17) is 9.72 Å². The topological polar surface area (TPSA) is 83.5 Å². The lowest BCUT2D eigenvalue weighted by Gasteiger charge is -2.33. The lowest BCUT2D eigenvalue weighted by atomic mass is 9.94. The molecule has 1 N–H and O–H groups in total. The van der Waals surface area contributed by atoms with Gasteiger partial charge in [-0.15, -0.1) is 0 Å². The number of ether oxygens (including phenoxy) is 1. The summed E-state index contributed by atoms with van der Waals surface area (Å²) in [6.07, 6.45) is 4.71. The third-order valence-electron chi connectivity index (χ3n) is 5.95. The number of carbonyl (C=O) groups is 1. The molecule has 8 nitrogen and oxygen atoms in total. The van der Waals surface area contributed by atoms with Gasteiger partial charge in [0, 0.05) is 55.6 Å². The number of hydrogen-bond acceptors (Lipinski definition) is 7. The van der Waals surface area contributed by atoms with Crippen LogP contribution in [-0.2, 0) is 9.53 Å². The van der Waals surface area contributed by atoms with E-state index in [-0.39, 0.29) is 5.91 Å². The van der Waals surface area contributed by atoms with Gasteiger partial charge in [0.2, 0.25) is 11.9 Å². The molecule has 2 aliphatic rings. The molecule has 2 aliphatic heterocycles. The largest absolute Gasteiger partial charge is 0.378 e. The zero-order valence-electron chi connectivity index (χ0n) is 18.5. The molecule has 2 aromatic rings. The van der Waals surface area contributed by atoms with Gasteiger partial charge in [-0.2, -0.15) is 0 Å². The van der Waals surface area contributed by atoms with Crippen LogP contribution in [0, 0.1) is 13.8 Å². The molecule has 31 heavy (non-hydrogen) atoms. The molecule has 0 aliphatic carbocycles. The van der Waals surface area contributed by atoms with Crippen molar-refractivity contribution >= 4 is 17.5 Å². The van der Waals surface area contributed by atoms with Gasteiger partial charge in [-0.25, -0.2) is 9.97 Å². The number of hydrogen-bond donors (Lipinski definition) is 1. The number of nitrogens with zero attached hydrogens (tertiary/aromatic N) is 5. The fourth-order valence-electron chi connectivity index (χ4n) is 4.36. The summed E-state index contributed by atoms with van der Waals surface area (Å²) in [6, 6.07) is 6.10. The van der Waals surface area contributed by atoms with Gasteiger partial charge in [0.25, 0.3) is 0 Å². The van der Waals surface area contributed by atoms with Crippen molar-refractivity contribution in [3.63, 3.8) is 0 Å². The minimum atomic E-state index is 0.243. The quantitative estimate of drug-likeness (QED) is 0.763. The normalized spacial score (nSPS) is 19.9. The van der Waals surface area contributed by atoms with E-state index in [1.165, 1.54) is 0 Å². The molecule has 4 heterocycles. The molecule has 2 fully saturated rings. The van der Waals surface area contributed by atoms with Gasteiger partial charge < -0.3 is 19.9 Å². The van der Waals surface area contributed by atoms with Gasteiger partial charge >= 0.3 is 0 Å². The molecular weight excluding hydrogens is 392 g/mol. The molecule has 8 heteroatoms. The zero-order valence-corrected chi connectivity index (χ0v) is 18.5. The predicted octanol–water partition coefficient (Wildman–Crippen LogP) is 2.66. The number of aryl methyl sites for hydroxylation is 2. The maximum Gasteiger partial charge on any atom is 0.227 e. The number of carbonyl (C=O) groups excluding carboxylic acids is 1. The van der Waals surface area contributed by atoms with Gasteiger partial charge in [-0.1, -0.05) is 0 Å². The summed E-state index contributed by atoms with van der Waals surface area (Å²) in [5.41, 5.74) is 3.87. The molecule has 0 spiro atoms. The Morgan fingerprint density at radius 1 is 1.16 bits per heavy atom. The second-order valence-electron chi connectivity index (χ2n) is 8.45. The van der Waals surface area contributed by atoms with Crippen molar-refractivity contribution in [2.45, 2.75) is 39.0 Å². The molecule has 2 saturated heterocycles. The highest BCUT2D eigenvalue weighted by Gasteiger charge is 2.24. The smallest absolute Gasteiger partial charge is 0.227 e. The Bertz CT molecular complexity index is 862. The fourth-order valence-corrected chi connectivity index (χ4v) is 4.36. The summed E-state index contributed by atoms with van der Waals surface area (Å²) in [6.45, 7) is 9.50. The van der Waals surface area contributed by atoms with Crippen LogP contribution in [0.15, 0.2) is 24.4 Å². The van der Waals surface area contributed by atoms with Gasteiger partial charge in [0.15, 0.2) is 0 Å². The summed E-state index contributed by atoms with van der Waals surface area (Å²) in [5.74, 6) is 1.24. The summed E-state index contributed by atoms with van der Waals surface area (Å²) < 4.78 is 5.34. The number of rotatable bonds is 6. The van der Waals surface area contributed by atoms with Crippen molar-refractivity contribution in [2.75, 3.05) is 51.3 Å². The Morgan fingerprint density at radius 2 is 1.94 bits per heavy atom. The third-order valence-corrected chi connectivity index (χ3v) is 5.95. The first-order valence-corrected chi connectivity index (χ1v) is 11.2. The number of likely N-dealkylation sites (tertiary alicyclic amines) is 1. The van der Waals surface area contributed by atoms with Crippen LogP contribution in [0.1, 0.15) is 42.3 Å². The highest BCUT2D eigenvalue weighted by molar-refractivity contribution is 5.76. The summed E-state index contributed by atoms with van der Waals surface area (Å²) in [4.78, 5) is 30.3. The Hall–Kier alpha value is -2.58. The van der Waals surface area contributed by atoms with E-state index in [0.29, 0.717) is 31.5 Å². The van der Waals surface area contributed by atoms with Crippen LogP contribution >= 0.6 is 0 Å². The highest BCUT2D eigenvalue weighted by Crippen LogP contribution is 2.26. The standard InChI is InChI=1S/C23H32N6O2/c1-17-14-18(2)26-23(25-17)27-20-5-6-21(24-15-20)19-4-3-8-28(16-19)9-7-22(30)29-10-12-31-13-11-29/h5-6,14-15,19H,3-4,7-13,16H2,1-2H3,(H,25,26,27)/t19-/m1/s1. The van der Waals surface area contributed by atoms with E-state index < -0.39 is 0 Å². The van der Waals surface area contributed by atoms with Crippen LogP contribution in [0.2, 0.25) is 0 Å². The van der Waals surface area contributed by atoms with E-state index in [9.17, 15) is 4.79 Å². The van der Waals surface area contributed by atoms with E-state index >= 15 is 0 Å². The molecule has 2 aromatic heterocycles. The molecule has 0 unspecified atom stereocenters. The Balaban J connectivity index is 1.30. The minimum absolute atomic E-state index is 0.243. The SMILES string of the molecule is Cc1cc(C)nc(Nc2ccc([C@@H]3CCCN(CCC(=O)N4CCOCC4)C3)nc2)n1. The third kappa shape index (κ3) is 5.98. The first-order chi connectivity index (χ1) is 15.1. The molecule has 0 saturated carbocycles. The highest BCUT2D eigenvalue weighted by atomic mass is 16.5. The van der Waals surface area contributed by atoms with Crippen LogP contribution in [0.5, 0.6) is 0 Å². The number of aromatic nitrogens is 3. The van der Waals surface area contributed by atoms with Crippen molar-refractivity contribution in [2.24, 2.45) is 0 Å². The molecule has 1 atom stereocenters. The monoisotopic (exact) mass is 424 g/mol. The van der Waals surface area contributed by atoms with E-state index in [1.807, 2.05) is 37.1 Å². The average Bonchev–Trinajstić information content (AvgIpc) is 2.78. The number of pyridine rings is 1. The Morgan fingerprint density at radius 3 is 2.65 bits per heavy atom.